The molecule has 0 aromatic carbocycles. The van der Waals surface area contributed by atoms with Gasteiger partial charge in [0.25, 0.3) is 0 Å². The van der Waals surface area contributed by atoms with Crippen molar-refractivity contribution in [3.63, 3.8) is 0 Å². The molecule has 0 aromatic rings. The van der Waals surface area contributed by atoms with Gasteiger partial charge in [-0.05, 0) is 23.5 Å². The summed E-state index contributed by atoms with van der Waals surface area (Å²) in [5, 5.41) is 3.43. The molecule has 0 saturated heterocycles. The van der Waals surface area contributed by atoms with Crippen LogP contribution < -0.4 is 5.32 Å². The van der Waals surface area contributed by atoms with E-state index in [1.54, 1.807) is 0 Å². The highest BCUT2D eigenvalue weighted by molar-refractivity contribution is 7.17. The fourth-order valence-corrected chi connectivity index (χ4v) is 2.42. The number of hydrogen-bond donors (Lipinski definition) is 1. The summed E-state index contributed by atoms with van der Waals surface area (Å²) in [4.78, 5) is 0. The molecular weight excluding hydrogens is 177 g/mol. The van der Waals surface area contributed by atoms with E-state index in [1.165, 1.54) is 0 Å². The molecule has 0 spiro atoms. The zero-order chi connectivity index (χ0) is 10.9. The van der Waals surface area contributed by atoms with Gasteiger partial charge in [-0.3, -0.25) is 0 Å². The molecule has 80 valence electrons. The van der Waals surface area contributed by atoms with Crippen LogP contribution in [0.4, 0.5) is 0 Å². The van der Waals surface area contributed by atoms with Crippen molar-refractivity contribution in [3.05, 3.63) is 0 Å². The molecule has 0 aromatic heterocycles. The Kier molecular flexibility index (Phi) is 4.40. The van der Waals surface area contributed by atoms with Crippen molar-refractivity contribution in [1.29, 1.82) is 0 Å². The Balaban J connectivity index is 4.61. The van der Waals surface area contributed by atoms with Crippen LogP contribution >= 0.6 is 9.24 Å². The van der Waals surface area contributed by atoms with Crippen LogP contribution in [0.1, 0.15) is 41.5 Å². The molecule has 0 bridgehead atoms. The maximum Gasteiger partial charge on any atom is 0.0180 e. The predicted octanol–water partition coefficient (Wildman–Crippen LogP) is 2.91. The minimum Gasteiger partial charge on any atom is -0.316 e. The van der Waals surface area contributed by atoms with E-state index in [2.05, 4.69) is 63.1 Å². The quantitative estimate of drug-likeness (QED) is 0.680. The summed E-state index contributed by atoms with van der Waals surface area (Å²) < 4.78 is 0. The predicted molar refractivity (Wildman–Crippen MR) is 65.3 cm³/mol. The van der Waals surface area contributed by atoms with Crippen molar-refractivity contribution in [3.8, 4) is 0 Å². The molecule has 0 aliphatic heterocycles. The van der Waals surface area contributed by atoms with Crippen molar-refractivity contribution >= 4 is 9.24 Å². The minimum atomic E-state index is 0.314. The Morgan fingerprint density at radius 1 is 0.923 bits per heavy atom. The van der Waals surface area contributed by atoms with E-state index in [9.17, 15) is 0 Å². The zero-order valence-corrected chi connectivity index (χ0v) is 11.4. The van der Waals surface area contributed by atoms with Gasteiger partial charge in [0.15, 0.2) is 0 Å². The molecule has 0 amide bonds. The van der Waals surface area contributed by atoms with Gasteiger partial charge in [-0.2, -0.15) is 0 Å². The lowest BCUT2D eigenvalue weighted by molar-refractivity contribution is 0.213. The van der Waals surface area contributed by atoms with Gasteiger partial charge in [0.05, 0.1) is 0 Å². The molecule has 3 unspecified atom stereocenters. The van der Waals surface area contributed by atoms with E-state index in [1.807, 2.05) is 0 Å². The molecule has 3 atom stereocenters. The highest BCUT2D eigenvalue weighted by atomic mass is 31.0. The lowest BCUT2D eigenvalue weighted by atomic mass is 9.76. The topological polar surface area (TPSA) is 12.0 Å². The van der Waals surface area contributed by atoms with Crippen molar-refractivity contribution < 1.29 is 0 Å². The Bertz CT molecular complexity index is 152. The summed E-state index contributed by atoms with van der Waals surface area (Å²) in [6.45, 7) is 13.7. The van der Waals surface area contributed by atoms with Crippen LogP contribution in [0, 0.1) is 10.8 Å². The summed E-state index contributed by atoms with van der Waals surface area (Å²) in [5.74, 6) is 0. The average molecular weight is 203 g/mol. The first-order valence-electron chi connectivity index (χ1n) is 5.03. The van der Waals surface area contributed by atoms with E-state index in [-0.39, 0.29) is 0 Å². The summed E-state index contributed by atoms with van der Waals surface area (Å²) in [5.41, 5.74) is 1.25. The molecule has 0 rings (SSSR count). The van der Waals surface area contributed by atoms with Gasteiger partial charge in [-0.15, -0.1) is 9.24 Å². The second-order valence-electron chi connectivity index (χ2n) is 6.02. The lowest BCUT2D eigenvalue weighted by Gasteiger charge is -2.41. The van der Waals surface area contributed by atoms with E-state index in [4.69, 9.17) is 0 Å². The van der Waals surface area contributed by atoms with E-state index >= 15 is 0 Å². The molecule has 0 saturated carbocycles. The molecule has 0 aliphatic carbocycles. The Hall–Kier alpha value is 0.390. The molecule has 1 N–H and O–H groups in total. The highest BCUT2D eigenvalue weighted by Gasteiger charge is 2.34. The highest BCUT2D eigenvalue weighted by Crippen LogP contribution is 2.35. The maximum atomic E-state index is 3.43. The molecule has 0 fully saturated rings. The molecule has 2 heteroatoms. The largest absolute Gasteiger partial charge is 0.316 e. The first kappa shape index (κ1) is 13.4. The SMILES string of the molecule is CNC(C(P)C(C)(C)C)C(C)(C)C. The zero-order valence-electron chi connectivity index (χ0n) is 10.2. The summed E-state index contributed by atoms with van der Waals surface area (Å²) in [7, 11) is 5.04. The molecule has 1 nitrogen and oxygen atoms in total. The lowest BCUT2D eigenvalue weighted by Crippen LogP contribution is -2.49. The Morgan fingerprint density at radius 2 is 1.31 bits per heavy atom. The van der Waals surface area contributed by atoms with Crippen LogP contribution in [0.25, 0.3) is 0 Å². The second kappa shape index (κ2) is 4.28. The minimum absolute atomic E-state index is 0.314. The van der Waals surface area contributed by atoms with E-state index in [0.29, 0.717) is 22.5 Å². The third-order valence-corrected chi connectivity index (χ3v) is 3.99. The maximum absolute atomic E-state index is 3.43. The first-order valence-corrected chi connectivity index (χ1v) is 5.70. The van der Waals surface area contributed by atoms with Gasteiger partial charge in [-0.25, -0.2) is 0 Å². The van der Waals surface area contributed by atoms with Crippen LogP contribution in [-0.4, -0.2) is 18.7 Å². The van der Waals surface area contributed by atoms with Crippen LogP contribution in [0.2, 0.25) is 0 Å². The fraction of sp³-hybridized carbons (Fsp3) is 1.00. The van der Waals surface area contributed by atoms with Gasteiger partial charge < -0.3 is 5.32 Å². The normalized spacial score (nSPS) is 18.5. The monoisotopic (exact) mass is 203 g/mol. The molecule has 13 heavy (non-hydrogen) atoms. The number of rotatable bonds is 2. The van der Waals surface area contributed by atoms with Gasteiger partial charge in [0.1, 0.15) is 0 Å². The average Bonchev–Trinajstić information content (AvgIpc) is 1.83. The third kappa shape index (κ3) is 3.95. The number of nitrogens with one attached hydrogen (secondary N) is 1. The van der Waals surface area contributed by atoms with Crippen molar-refractivity contribution in [2.24, 2.45) is 10.8 Å². The van der Waals surface area contributed by atoms with E-state index < -0.39 is 0 Å². The molecular formula is C11H26NP. The van der Waals surface area contributed by atoms with Crippen LogP contribution in [0.5, 0.6) is 0 Å². The van der Waals surface area contributed by atoms with Gasteiger partial charge >= 0.3 is 0 Å². The van der Waals surface area contributed by atoms with Crippen molar-refractivity contribution in [2.45, 2.75) is 53.2 Å². The molecule has 0 radical (unpaired) electrons. The summed E-state index contributed by atoms with van der Waals surface area (Å²) >= 11 is 0. The van der Waals surface area contributed by atoms with Gasteiger partial charge in [0, 0.05) is 6.04 Å². The van der Waals surface area contributed by atoms with Crippen LogP contribution in [-0.2, 0) is 0 Å². The standard InChI is InChI=1S/C11H26NP/c1-10(2,3)8(12-7)9(13)11(4,5)6/h8-9,12H,13H2,1-7H3. The van der Waals surface area contributed by atoms with E-state index in [0.717, 1.165) is 0 Å². The molecule has 0 heterocycles. The first-order chi connectivity index (χ1) is 5.60. The number of hydrogen-bond acceptors (Lipinski definition) is 1. The van der Waals surface area contributed by atoms with Gasteiger partial charge in [0.2, 0.25) is 0 Å². The summed E-state index contributed by atoms with van der Waals surface area (Å²) in [6.07, 6.45) is 0. The third-order valence-electron chi connectivity index (χ3n) is 2.60. The Morgan fingerprint density at radius 3 is 1.38 bits per heavy atom. The van der Waals surface area contributed by atoms with Gasteiger partial charge in [-0.1, -0.05) is 41.5 Å². The Labute approximate surface area is 86.3 Å². The van der Waals surface area contributed by atoms with Crippen molar-refractivity contribution in [2.75, 3.05) is 7.05 Å². The van der Waals surface area contributed by atoms with Crippen molar-refractivity contribution in [1.82, 2.24) is 5.32 Å². The van der Waals surface area contributed by atoms with Crippen LogP contribution in [0.15, 0.2) is 0 Å². The smallest absolute Gasteiger partial charge is 0.0180 e. The summed E-state index contributed by atoms with van der Waals surface area (Å²) in [6, 6.07) is 0.539. The fourth-order valence-electron chi connectivity index (χ4n) is 1.65. The molecule has 0 aliphatic rings. The van der Waals surface area contributed by atoms with Crippen LogP contribution in [0.3, 0.4) is 0 Å². The second-order valence-corrected chi connectivity index (χ2v) is 6.74.